The van der Waals surface area contributed by atoms with Crippen LogP contribution in [0.15, 0.2) is 18.2 Å². The topological polar surface area (TPSA) is 57.6 Å². The molecule has 0 unspecified atom stereocenters. The zero-order valence-electron chi connectivity index (χ0n) is 9.40. The molecule has 0 aromatic heterocycles. The first-order chi connectivity index (χ1) is 8.50. The molecule has 1 aromatic carbocycles. The first-order valence-corrected chi connectivity index (χ1v) is 5.87. The Hall–Kier alpha value is -1.62. The molecule has 1 heterocycles. The first-order valence-electron chi connectivity index (χ1n) is 5.49. The molecule has 18 heavy (non-hydrogen) atoms. The highest BCUT2D eigenvalue weighted by atomic mass is 35.5. The summed E-state index contributed by atoms with van der Waals surface area (Å²) >= 11 is 5.80. The molecule has 1 aromatic rings. The Kier molecular flexibility index (Phi) is 3.52. The third kappa shape index (κ3) is 2.31. The summed E-state index contributed by atoms with van der Waals surface area (Å²) in [6.07, 6.45) is 1.07. The lowest BCUT2D eigenvalue weighted by atomic mass is 10.1. The van der Waals surface area contributed by atoms with Crippen molar-refractivity contribution in [2.75, 3.05) is 6.54 Å². The second-order valence-corrected chi connectivity index (χ2v) is 4.53. The fourth-order valence-corrected chi connectivity index (χ4v) is 2.33. The third-order valence-corrected chi connectivity index (χ3v) is 3.27. The molecule has 1 amide bonds. The van der Waals surface area contributed by atoms with E-state index in [1.165, 1.54) is 11.0 Å². The summed E-state index contributed by atoms with van der Waals surface area (Å²) in [6, 6.07) is 2.63. The van der Waals surface area contributed by atoms with Crippen molar-refractivity contribution in [3.8, 4) is 0 Å². The molecule has 1 aliphatic heterocycles. The van der Waals surface area contributed by atoms with Crippen molar-refractivity contribution in [1.29, 1.82) is 0 Å². The molecule has 0 bridgehead atoms. The fraction of sp³-hybridized carbons (Fsp3) is 0.333. The van der Waals surface area contributed by atoms with Crippen molar-refractivity contribution in [3.63, 3.8) is 0 Å². The van der Waals surface area contributed by atoms with Crippen molar-refractivity contribution < 1.29 is 19.1 Å². The number of rotatable bonds is 2. The van der Waals surface area contributed by atoms with Gasteiger partial charge in [-0.25, -0.2) is 9.18 Å². The highest BCUT2D eigenvalue weighted by Crippen LogP contribution is 2.24. The van der Waals surface area contributed by atoms with Gasteiger partial charge in [-0.2, -0.15) is 0 Å². The molecule has 1 aliphatic rings. The number of halogens is 2. The number of nitrogens with zero attached hydrogens (tertiary/aromatic N) is 1. The van der Waals surface area contributed by atoms with Crippen LogP contribution in [0.5, 0.6) is 0 Å². The SMILES string of the molecule is O=C(O)[C@H]1CCCN1C(=O)c1ccc(F)cc1Cl. The highest BCUT2D eigenvalue weighted by molar-refractivity contribution is 6.33. The minimum atomic E-state index is -1.03. The van der Waals surface area contributed by atoms with Gasteiger partial charge in [0.05, 0.1) is 10.6 Å². The van der Waals surface area contributed by atoms with E-state index >= 15 is 0 Å². The zero-order valence-corrected chi connectivity index (χ0v) is 10.2. The van der Waals surface area contributed by atoms with Crippen LogP contribution in [0.3, 0.4) is 0 Å². The number of hydrogen-bond acceptors (Lipinski definition) is 2. The molecule has 4 nitrogen and oxygen atoms in total. The van der Waals surface area contributed by atoms with Gasteiger partial charge >= 0.3 is 5.97 Å². The lowest BCUT2D eigenvalue weighted by Gasteiger charge is -2.21. The number of benzene rings is 1. The standard InChI is InChI=1S/C12H11ClFNO3/c13-9-6-7(14)3-4-8(9)11(16)15-5-1-2-10(15)12(17)18/h3-4,6,10H,1-2,5H2,(H,17,18)/t10-/m1/s1. The molecular weight excluding hydrogens is 261 g/mol. The van der Waals surface area contributed by atoms with Crippen LogP contribution < -0.4 is 0 Å². The van der Waals surface area contributed by atoms with Crippen LogP contribution in [-0.4, -0.2) is 34.5 Å². The summed E-state index contributed by atoms with van der Waals surface area (Å²) in [4.78, 5) is 24.4. The Bertz CT molecular complexity index is 506. The van der Waals surface area contributed by atoms with Gasteiger partial charge in [-0.1, -0.05) is 11.6 Å². The quantitative estimate of drug-likeness (QED) is 0.897. The largest absolute Gasteiger partial charge is 0.480 e. The van der Waals surface area contributed by atoms with Gasteiger partial charge in [0.15, 0.2) is 0 Å². The van der Waals surface area contributed by atoms with E-state index in [1.54, 1.807) is 0 Å². The van der Waals surface area contributed by atoms with Gasteiger partial charge in [0.1, 0.15) is 11.9 Å². The van der Waals surface area contributed by atoms with Crippen LogP contribution in [0.25, 0.3) is 0 Å². The van der Waals surface area contributed by atoms with E-state index in [4.69, 9.17) is 16.7 Å². The van der Waals surface area contributed by atoms with Crippen molar-refractivity contribution in [2.24, 2.45) is 0 Å². The lowest BCUT2D eigenvalue weighted by molar-refractivity contribution is -0.141. The predicted molar refractivity (Wildman–Crippen MR) is 63.1 cm³/mol. The van der Waals surface area contributed by atoms with E-state index in [9.17, 15) is 14.0 Å². The van der Waals surface area contributed by atoms with Gasteiger partial charge in [0.25, 0.3) is 5.91 Å². The molecule has 0 aliphatic carbocycles. The van der Waals surface area contributed by atoms with E-state index in [0.717, 1.165) is 12.1 Å². The van der Waals surface area contributed by atoms with Crippen molar-refractivity contribution in [1.82, 2.24) is 4.90 Å². The Morgan fingerprint density at radius 1 is 1.44 bits per heavy atom. The minimum Gasteiger partial charge on any atom is -0.480 e. The molecule has 0 radical (unpaired) electrons. The smallest absolute Gasteiger partial charge is 0.326 e. The molecule has 1 N–H and O–H groups in total. The molecule has 1 saturated heterocycles. The molecule has 2 rings (SSSR count). The maximum absolute atomic E-state index is 12.9. The maximum atomic E-state index is 12.9. The molecule has 1 fully saturated rings. The van der Waals surface area contributed by atoms with Crippen LogP contribution in [0, 0.1) is 5.82 Å². The number of aliphatic carboxylic acids is 1. The monoisotopic (exact) mass is 271 g/mol. The van der Waals surface area contributed by atoms with Crippen LogP contribution >= 0.6 is 11.6 Å². The average Bonchev–Trinajstić information content (AvgIpc) is 2.77. The number of carboxylic acid groups (broad SMARTS) is 1. The summed E-state index contributed by atoms with van der Waals surface area (Å²) in [5, 5.41) is 9.00. The van der Waals surface area contributed by atoms with Gasteiger partial charge in [-0.05, 0) is 31.0 Å². The Morgan fingerprint density at radius 3 is 2.78 bits per heavy atom. The van der Waals surface area contributed by atoms with E-state index in [2.05, 4.69) is 0 Å². The predicted octanol–water partition coefficient (Wildman–Crippen LogP) is 2.17. The van der Waals surface area contributed by atoms with E-state index in [1.807, 2.05) is 0 Å². The van der Waals surface area contributed by atoms with Crippen LogP contribution in [0.2, 0.25) is 5.02 Å². The van der Waals surface area contributed by atoms with Gasteiger partial charge in [0, 0.05) is 6.54 Å². The van der Waals surface area contributed by atoms with Crippen molar-refractivity contribution >= 4 is 23.5 Å². The maximum Gasteiger partial charge on any atom is 0.326 e. The Balaban J connectivity index is 2.28. The van der Waals surface area contributed by atoms with Gasteiger partial charge in [0.2, 0.25) is 0 Å². The Morgan fingerprint density at radius 2 is 2.17 bits per heavy atom. The molecule has 6 heteroatoms. The van der Waals surface area contributed by atoms with Gasteiger partial charge in [-0.3, -0.25) is 4.79 Å². The van der Waals surface area contributed by atoms with Gasteiger partial charge in [-0.15, -0.1) is 0 Å². The fourth-order valence-electron chi connectivity index (χ4n) is 2.08. The van der Waals surface area contributed by atoms with Gasteiger partial charge < -0.3 is 10.0 Å². The normalized spacial score (nSPS) is 19.0. The lowest BCUT2D eigenvalue weighted by Crippen LogP contribution is -2.40. The summed E-state index contributed by atoms with van der Waals surface area (Å²) in [6.45, 7) is 0.378. The second-order valence-electron chi connectivity index (χ2n) is 4.12. The summed E-state index contributed by atoms with van der Waals surface area (Å²) in [5.41, 5.74) is 0.131. The highest BCUT2D eigenvalue weighted by Gasteiger charge is 2.35. The van der Waals surface area contributed by atoms with Crippen LogP contribution in [0.1, 0.15) is 23.2 Å². The number of carbonyl (C=O) groups is 2. The third-order valence-electron chi connectivity index (χ3n) is 2.96. The number of likely N-dealkylation sites (tertiary alicyclic amines) is 1. The summed E-state index contributed by atoms with van der Waals surface area (Å²) in [7, 11) is 0. The second kappa shape index (κ2) is 4.94. The Labute approximate surface area is 108 Å². The molecule has 0 saturated carbocycles. The number of carbonyl (C=O) groups excluding carboxylic acids is 1. The summed E-state index contributed by atoms with van der Waals surface area (Å²) in [5.74, 6) is -2.03. The molecule has 96 valence electrons. The number of carboxylic acids is 1. The van der Waals surface area contributed by atoms with E-state index in [-0.39, 0.29) is 10.6 Å². The molecule has 0 spiro atoms. The van der Waals surface area contributed by atoms with Crippen LogP contribution in [-0.2, 0) is 4.79 Å². The van der Waals surface area contributed by atoms with Crippen molar-refractivity contribution in [2.45, 2.75) is 18.9 Å². The van der Waals surface area contributed by atoms with Crippen LogP contribution in [0.4, 0.5) is 4.39 Å². The van der Waals surface area contributed by atoms with E-state index < -0.39 is 23.7 Å². The average molecular weight is 272 g/mol. The number of hydrogen-bond donors (Lipinski definition) is 1. The zero-order chi connectivity index (χ0) is 13.3. The van der Waals surface area contributed by atoms with Crippen molar-refractivity contribution in [3.05, 3.63) is 34.6 Å². The minimum absolute atomic E-state index is 0.00367. The number of amides is 1. The summed E-state index contributed by atoms with van der Waals surface area (Å²) < 4.78 is 12.9. The first kappa shape index (κ1) is 12.8. The van der Waals surface area contributed by atoms with E-state index in [0.29, 0.717) is 19.4 Å². The molecular formula is C12H11ClFNO3. The molecule has 1 atom stereocenters.